The molecule has 2 saturated carbocycles. The monoisotopic (exact) mass is 376 g/mol. The predicted molar refractivity (Wildman–Crippen MR) is 98.2 cm³/mol. The number of halogens is 1. The second-order valence-electron chi connectivity index (χ2n) is 8.10. The van der Waals surface area contributed by atoms with Crippen molar-refractivity contribution < 1.29 is 18.4 Å². The molecule has 6 heteroatoms. The highest BCUT2D eigenvalue weighted by Gasteiger charge is 2.67. The number of hydrazone groups is 1. The second kappa shape index (κ2) is 5.50. The largest absolute Gasteiger partial charge is 0.455 e. The van der Waals surface area contributed by atoms with E-state index >= 15 is 0 Å². The van der Waals surface area contributed by atoms with Crippen LogP contribution in [0.4, 0.5) is 4.39 Å². The van der Waals surface area contributed by atoms with Gasteiger partial charge in [-0.15, -0.1) is 0 Å². The van der Waals surface area contributed by atoms with E-state index in [2.05, 4.69) is 17.3 Å². The van der Waals surface area contributed by atoms with E-state index in [-0.39, 0.29) is 41.3 Å². The quantitative estimate of drug-likeness (QED) is 0.468. The molecule has 2 aromatic rings. The molecular formula is C22H17FN2O3. The van der Waals surface area contributed by atoms with Gasteiger partial charge in [-0.1, -0.05) is 12.2 Å². The Labute approximate surface area is 160 Å². The van der Waals surface area contributed by atoms with Crippen molar-refractivity contribution in [2.24, 2.45) is 40.6 Å². The lowest BCUT2D eigenvalue weighted by Crippen LogP contribution is -2.40. The number of hydrogen-bond donors (Lipinski definition) is 0. The molecule has 1 aromatic heterocycles. The van der Waals surface area contributed by atoms with E-state index in [1.807, 2.05) is 0 Å². The first-order valence-corrected chi connectivity index (χ1v) is 9.58. The highest BCUT2D eigenvalue weighted by atomic mass is 19.1. The van der Waals surface area contributed by atoms with Crippen LogP contribution in [0.25, 0.3) is 11.3 Å². The van der Waals surface area contributed by atoms with Crippen LogP contribution >= 0.6 is 0 Å². The number of amides is 2. The molecule has 28 heavy (non-hydrogen) atoms. The van der Waals surface area contributed by atoms with E-state index in [9.17, 15) is 14.0 Å². The lowest BCUT2D eigenvalue weighted by atomic mass is 9.63. The Bertz CT molecular complexity index is 1020. The third kappa shape index (κ3) is 2.14. The summed E-state index contributed by atoms with van der Waals surface area (Å²) in [4.78, 5) is 25.8. The third-order valence-corrected chi connectivity index (χ3v) is 6.70. The Kier molecular flexibility index (Phi) is 3.14. The molecule has 2 amide bonds. The van der Waals surface area contributed by atoms with Gasteiger partial charge in [0, 0.05) is 5.56 Å². The number of carbonyl (C=O) groups is 2. The fourth-order valence-electron chi connectivity index (χ4n) is 5.36. The number of allylic oxidation sites excluding steroid dienone is 2. The molecule has 2 heterocycles. The molecule has 1 aromatic carbocycles. The molecular weight excluding hydrogens is 359 g/mol. The molecule has 0 radical (unpaired) electrons. The summed E-state index contributed by atoms with van der Waals surface area (Å²) < 4.78 is 18.8. The number of hydrogen-bond acceptors (Lipinski definition) is 4. The maximum atomic E-state index is 13.1. The molecule has 0 unspecified atom stereocenters. The third-order valence-electron chi connectivity index (χ3n) is 6.70. The van der Waals surface area contributed by atoms with Crippen LogP contribution in [0, 0.1) is 41.3 Å². The summed E-state index contributed by atoms with van der Waals surface area (Å²) in [6.07, 6.45) is 6.81. The van der Waals surface area contributed by atoms with Crippen molar-refractivity contribution in [3.63, 3.8) is 0 Å². The molecule has 0 spiro atoms. The molecule has 140 valence electrons. The van der Waals surface area contributed by atoms with Crippen molar-refractivity contribution in [3.8, 4) is 11.3 Å². The van der Waals surface area contributed by atoms with Crippen LogP contribution in [0.1, 0.15) is 12.2 Å². The summed E-state index contributed by atoms with van der Waals surface area (Å²) in [5, 5.41) is 5.20. The number of imide groups is 1. The van der Waals surface area contributed by atoms with E-state index in [0.717, 1.165) is 17.0 Å². The van der Waals surface area contributed by atoms with Crippen LogP contribution in [0.3, 0.4) is 0 Å². The Morgan fingerprint density at radius 1 is 0.964 bits per heavy atom. The summed E-state index contributed by atoms with van der Waals surface area (Å²) in [5.41, 5.74) is 0.738. The zero-order valence-corrected chi connectivity index (χ0v) is 14.9. The van der Waals surface area contributed by atoms with Crippen LogP contribution in [-0.2, 0) is 9.59 Å². The van der Waals surface area contributed by atoms with Gasteiger partial charge in [0.1, 0.15) is 17.3 Å². The summed E-state index contributed by atoms with van der Waals surface area (Å²) in [6.45, 7) is 0. The van der Waals surface area contributed by atoms with Crippen molar-refractivity contribution in [2.75, 3.05) is 0 Å². The average Bonchev–Trinajstić information content (AvgIpc) is 3.34. The lowest BCUT2D eigenvalue weighted by molar-refractivity contribution is -0.140. The predicted octanol–water partition coefficient (Wildman–Crippen LogP) is 3.47. The second-order valence-corrected chi connectivity index (χ2v) is 8.10. The molecule has 4 aliphatic carbocycles. The summed E-state index contributed by atoms with van der Waals surface area (Å²) in [5.74, 6) is 1.30. The van der Waals surface area contributed by atoms with Gasteiger partial charge >= 0.3 is 0 Å². The van der Waals surface area contributed by atoms with Crippen LogP contribution < -0.4 is 0 Å². The van der Waals surface area contributed by atoms with Crippen LogP contribution in [-0.4, -0.2) is 23.0 Å². The Morgan fingerprint density at radius 3 is 2.25 bits per heavy atom. The number of furan rings is 1. The fraction of sp³-hybridized carbons (Fsp3) is 0.318. The molecule has 5 nitrogen and oxygen atoms in total. The average molecular weight is 376 g/mol. The smallest absolute Gasteiger partial charge is 0.254 e. The fourth-order valence-corrected chi connectivity index (χ4v) is 5.36. The highest BCUT2D eigenvalue weighted by Crippen LogP contribution is 2.65. The summed E-state index contributed by atoms with van der Waals surface area (Å²) >= 11 is 0. The minimum Gasteiger partial charge on any atom is -0.455 e. The normalized spacial score (nSPS) is 35.0. The topological polar surface area (TPSA) is 62.9 Å². The van der Waals surface area contributed by atoms with Crippen molar-refractivity contribution in [1.82, 2.24) is 5.01 Å². The van der Waals surface area contributed by atoms with Gasteiger partial charge in [0.05, 0.1) is 18.1 Å². The van der Waals surface area contributed by atoms with Crippen molar-refractivity contribution in [2.45, 2.75) is 6.42 Å². The Hall–Kier alpha value is -3.02. The number of carbonyl (C=O) groups excluding carboxylic acids is 2. The molecule has 1 saturated heterocycles. The van der Waals surface area contributed by atoms with E-state index in [1.54, 1.807) is 24.3 Å². The van der Waals surface area contributed by atoms with E-state index < -0.39 is 0 Å². The minimum absolute atomic E-state index is 0.186. The van der Waals surface area contributed by atoms with Gasteiger partial charge < -0.3 is 4.42 Å². The van der Waals surface area contributed by atoms with Gasteiger partial charge in [-0.2, -0.15) is 10.1 Å². The molecule has 7 rings (SSSR count). The SMILES string of the molecule is O=C1[C@@H]2[C@@H]3C=C[C@@H]([C@@H]4C[C@H]34)[C@@H]2C(=O)N1/N=C/c1ccc(-c2ccc(F)cc2)o1. The van der Waals surface area contributed by atoms with Crippen molar-refractivity contribution >= 4 is 18.0 Å². The number of benzene rings is 1. The molecule has 3 fully saturated rings. The van der Waals surface area contributed by atoms with Gasteiger partial charge in [-0.3, -0.25) is 9.59 Å². The number of rotatable bonds is 3. The molecule has 6 atom stereocenters. The van der Waals surface area contributed by atoms with Crippen molar-refractivity contribution in [1.29, 1.82) is 0 Å². The zero-order valence-electron chi connectivity index (χ0n) is 14.9. The van der Waals surface area contributed by atoms with Crippen LogP contribution in [0.2, 0.25) is 0 Å². The maximum absolute atomic E-state index is 13.1. The van der Waals surface area contributed by atoms with Gasteiger partial charge in [-0.05, 0) is 66.5 Å². The summed E-state index contributed by atoms with van der Waals surface area (Å²) in [6, 6.07) is 9.44. The van der Waals surface area contributed by atoms with Gasteiger partial charge in [0.2, 0.25) is 0 Å². The standard InChI is InChI=1S/C22H17FN2O3/c23-12-3-1-11(2-4-12)18-8-5-13(28-18)10-24-25-21(26)19-14-6-7-15(17-9-16(14)17)20(19)22(25)27/h1-8,10,14-17,19-20H,9H2/b24-10+/t14-,15+,16-,17+,19-,20+. The molecule has 0 N–H and O–H groups in total. The van der Waals surface area contributed by atoms with Crippen molar-refractivity contribution in [3.05, 3.63) is 60.1 Å². The summed E-state index contributed by atoms with van der Waals surface area (Å²) in [7, 11) is 0. The first-order valence-electron chi connectivity index (χ1n) is 9.58. The lowest BCUT2D eigenvalue weighted by Gasteiger charge is -2.37. The van der Waals surface area contributed by atoms with Gasteiger partial charge in [-0.25, -0.2) is 4.39 Å². The van der Waals surface area contributed by atoms with E-state index in [1.165, 1.54) is 18.3 Å². The minimum atomic E-state index is -0.314. The first-order chi connectivity index (χ1) is 13.6. The van der Waals surface area contributed by atoms with E-state index in [0.29, 0.717) is 23.4 Å². The highest BCUT2D eigenvalue weighted by molar-refractivity contribution is 6.06. The maximum Gasteiger partial charge on any atom is 0.254 e. The van der Waals surface area contributed by atoms with E-state index in [4.69, 9.17) is 4.42 Å². The zero-order chi connectivity index (χ0) is 19.0. The Morgan fingerprint density at radius 2 is 1.61 bits per heavy atom. The number of nitrogens with zero attached hydrogens (tertiary/aromatic N) is 2. The van der Waals surface area contributed by atoms with Gasteiger partial charge in [0.25, 0.3) is 11.8 Å². The molecule has 1 aliphatic heterocycles. The van der Waals surface area contributed by atoms with Crippen LogP contribution in [0.15, 0.2) is 58.1 Å². The van der Waals surface area contributed by atoms with Gasteiger partial charge in [0.15, 0.2) is 0 Å². The molecule has 2 bridgehead atoms. The molecule has 5 aliphatic rings. The Balaban J connectivity index is 1.24. The van der Waals surface area contributed by atoms with Crippen LogP contribution in [0.5, 0.6) is 0 Å². The first kappa shape index (κ1) is 16.0.